The Morgan fingerprint density at radius 2 is 2.30 bits per heavy atom. The van der Waals surface area contributed by atoms with Crippen molar-refractivity contribution in [1.82, 2.24) is 9.55 Å². The number of hydrogen-bond acceptors (Lipinski definition) is 6. The molecule has 1 aromatic rings. The fourth-order valence-corrected chi connectivity index (χ4v) is 2.17. The van der Waals surface area contributed by atoms with Crippen molar-refractivity contribution in [2.75, 3.05) is 6.61 Å². The van der Waals surface area contributed by atoms with Crippen LogP contribution in [0.15, 0.2) is 34.0 Å². The van der Waals surface area contributed by atoms with Crippen LogP contribution in [0.4, 0.5) is 0 Å². The molecule has 108 valence electrons. The van der Waals surface area contributed by atoms with Gasteiger partial charge in [0.05, 0.1) is 6.61 Å². The number of nitrogens with one attached hydrogen (secondary N) is 1. The van der Waals surface area contributed by atoms with Gasteiger partial charge in [-0.05, 0) is 12.2 Å². The number of rotatable bonds is 4. The maximum absolute atomic E-state index is 11.7. The van der Waals surface area contributed by atoms with E-state index in [1.54, 1.807) is 0 Å². The summed E-state index contributed by atoms with van der Waals surface area (Å²) in [6.07, 6.45) is 2.21. The molecule has 0 spiro atoms. The quantitative estimate of drug-likeness (QED) is 0.447. The Labute approximate surface area is 112 Å². The van der Waals surface area contributed by atoms with Crippen molar-refractivity contribution in [3.8, 4) is 0 Å². The summed E-state index contributed by atoms with van der Waals surface area (Å²) >= 11 is 0. The highest BCUT2D eigenvalue weighted by molar-refractivity contribution is 5.65. The van der Waals surface area contributed by atoms with Crippen LogP contribution >= 0.6 is 0 Å². The lowest BCUT2D eigenvalue weighted by atomic mass is 9.94. The standard InChI is InChI=1S/C12H14N2O6/c15-5-1-3-12(19)6-10(20-8(12)7-16)14-4-2-9(17)13-11(14)18/h1-5,8,10,16,19H,6-7H2,(H,13,17,18)/t8-,10-,12-/m1/s1. The van der Waals surface area contributed by atoms with Gasteiger partial charge in [0.2, 0.25) is 0 Å². The predicted octanol–water partition coefficient (Wildman–Crippen LogP) is -1.70. The summed E-state index contributed by atoms with van der Waals surface area (Å²) in [7, 11) is 0. The second kappa shape index (κ2) is 5.53. The first-order chi connectivity index (χ1) is 9.50. The van der Waals surface area contributed by atoms with Crippen LogP contribution in [-0.2, 0) is 9.53 Å². The van der Waals surface area contributed by atoms with Gasteiger partial charge in [0.15, 0.2) is 0 Å². The van der Waals surface area contributed by atoms with Gasteiger partial charge in [-0.15, -0.1) is 0 Å². The van der Waals surface area contributed by atoms with E-state index in [-0.39, 0.29) is 6.42 Å². The molecule has 1 aromatic heterocycles. The number of aliphatic hydroxyl groups is 2. The van der Waals surface area contributed by atoms with Gasteiger partial charge in [0.1, 0.15) is 24.2 Å². The van der Waals surface area contributed by atoms with E-state index in [0.29, 0.717) is 6.29 Å². The molecule has 2 rings (SSSR count). The van der Waals surface area contributed by atoms with E-state index in [0.717, 1.165) is 16.7 Å². The molecule has 0 radical (unpaired) electrons. The molecule has 1 aliphatic heterocycles. The SMILES string of the molecule is O=CC=C[C@@]1(O)C[C@H](n2ccc(=O)[nH]c2=O)O[C@@H]1CO. The third kappa shape index (κ3) is 2.62. The lowest BCUT2D eigenvalue weighted by Crippen LogP contribution is -2.38. The van der Waals surface area contributed by atoms with Gasteiger partial charge in [0.25, 0.3) is 5.56 Å². The van der Waals surface area contributed by atoms with Crippen LogP contribution < -0.4 is 11.2 Å². The fourth-order valence-electron chi connectivity index (χ4n) is 2.17. The van der Waals surface area contributed by atoms with Crippen molar-refractivity contribution in [3.63, 3.8) is 0 Å². The van der Waals surface area contributed by atoms with Crippen LogP contribution in [0.2, 0.25) is 0 Å². The van der Waals surface area contributed by atoms with Crippen LogP contribution in [0.1, 0.15) is 12.6 Å². The number of hydrogen-bond donors (Lipinski definition) is 3. The van der Waals surface area contributed by atoms with Crippen LogP contribution in [0.25, 0.3) is 0 Å². The zero-order valence-corrected chi connectivity index (χ0v) is 10.4. The minimum Gasteiger partial charge on any atom is -0.394 e. The highest BCUT2D eigenvalue weighted by Gasteiger charge is 2.46. The van der Waals surface area contributed by atoms with Crippen LogP contribution in [-0.4, -0.2) is 44.4 Å². The van der Waals surface area contributed by atoms with Gasteiger partial charge in [-0.2, -0.15) is 0 Å². The Morgan fingerprint density at radius 3 is 2.90 bits per heavy atom. The van der Waals surface area contributed by atoms with Gasteiger partial charge in [-0.3, -0.25) is 19.1 Å². The molecule has 8 heteroatoms. The highest BCUT2D eigenvalue weighted by atomic mass is 16.5. The van der Waals surface area contributed by atoms with E-state index in [1.807, 2.05) is 0 Å². The first-order valence-electron chi connectivity index (χ1n) is 5.93. The zero-order chi connectivity index (χ0) is 14.8. The molecular weight excluding hydrogens is 268 g/mol. The van der Waals surface area contributed by atoms with Gasteiger partial charge >= 0.3 is 5.69 Å². The molecule has 0 aliphatic carbocycles. The van der Waals surface area contributed by atoms with Crippen molar-refractivity contribution < 1.29 is 19.7 Å². The molecule has 0 unspecified atom stereocenters. The van der Waals surface area contributed by atoms with Crippen LogP contribution in [0, 0.1) is 0 Å². The third-order valence-corrected chi connectivity index (χ3v) is 3.17. The lowest BCUT2D eigenvalue weighted by Gasteiger charge is -2.22. The van der Waals surface area contributed by atoms with Crippen molar-refractivity contribution >= 4 is 6.29 Å². The van der Waals surface area contributed by atoms with Crippen molar-refractivity contribution in [2.45, 2.75) is 24.4 Å². The Morgan fingerprint density at radius 1 is 1.55 bits per heavy atom. The molecule has 8 nitrogen and oxygen atoms in total. The van der Waals surface area contributed by atoms with E-state index in [9.17, 15) is 24.6 Å². The first-order valence-corrected chi connectivity index (χ1v) is 5.93. The summed E-state index contributed by atoms with van der Waals surface area (Å²) in [5.74, 6) is 0. The van der Waals surface area contributed by atoms with Crippen LogP contribution in [0.3, 0.4) is 0 Å². The van der Waals surface area contributed by atoms with E-state index in [2.05, 4.69) is 4.98 Å². The first kappa shape index (κ1) is 14.4. The molecule has 2 heterocycles. The number of carbonyl (C=O) groups is 1. The largest absolute Gasteiger partial charge is 0.394 e. The van der Waals surface area contributed by atoms with Gasteiger partial charge in [-0.1, -0.05) is 0 Å². The van der Waals surface area contributed by atoms with Gasteiger partial charge < -0.3 is 14.9 Å². The summed E-state index contributed by atoms with van der Waals surface area (Å²) < 4.78 is 6.51. The van der Waals surface area contributed by atoms with E-state index in [4.69, 9.17) is 4.74 Å². The van der Waals surface area contributed by atoms with Crippen molar-refractivity contribution in [3.05, 3.63) is 45.3 Å². The molecule has 0 bridgehead atoms. The fraction of sp³-hybridized carbons (Fsp3) is 0.417. The molecular formula is C12H14N2O6. The van der Waals surface area contributed by atoms with Crippen LogP contribution in [0.5, 0.6) is 0 Å². The number of aldehydes is 1. The maximum Gasteiger partial charge on any atom is 0.330 e. The van der Waals surface area contributed by atoms with E-state index < -0.39 is 35.8 Å². The molecule has 3 N–H and O–H groups in total. The second-order valence-corrected chi connectivity index (χ2v) is 4.47. The molecule has 0 amide bonds. The molecule has 1 saturated heterocycles. The number of nitrogens with zero attached hydrogens (tertiary/aromatic N) is 1. The molecule has 1 fully saturated rings. The number of aromatic nitrogens is 2. The minimum atomic E-state index is -1.56. The Bertz CT molecular complexity index is 633. The highest BCUT2D eigenvalue weighted by Crippen LogP contribution is 2.36. The average molecular weight is 282 g/mol. The van der Waals surface area contributed by atoms with E-state index >= 15 is 0 Å². The number of aliphatic hydroxyl groups excluding tert-OH is 1. The van der Waals surface area contributed by atoms with Crippen molar-refractivity contribution in [1.29, 1.82) is 0 Å². The second-order valence-electron chi connectivity index (χ2n) is 4.47. The summed E-state index contributed by atoms with van der Waals surface area (Å²) in [6.45, 7) is -0.478. The minimum absolute atomic E-state index is 0.0332. The average Bonchev–Trinajstić information content (AvgIpc) is 2.74. The monoisotopic (exact) mass is 282 g/mol. The Hall–Kier alpha value is -2.03. The summed E-state index contributed by atoms with van der Waals surface area (Å²) in [5, 5.41) is 19.6. The summed E-state index contributed by atoms with van der Waals surface area (Å²) in [5.41, 5.74) is -2.78. The predicted molar refractivity (Wildman–Crippen MR) is 67.1 cm³/mol. The Kier molecular flexibility index (Phi) is 3.98. The van der Waals surface area contributed by atoms with Gasteiger partial charge in [0, 0.05) is 18.7 Å². The third-order valence-electron chi connectivity index (χ3n) is 3.17. The zero-order valence-electron chi connectivity index (χ0n) is 10.4. The molecule has 0 aromatic carbocycles. The number of aromatic amines is 1. The molecule has 0 saturated carbocycles. The van der Waals surface area contributed by atoms with Gasteiger partial charge in [-0.25, -0.2) is 4.79 Å². The number of H-pyrrole nitrogens is 1. The molecule has 20 heavy (non-hydrogen) atoms. The Balaban J connectivity index is 2.33. The number of ether oxygens (including phenoxy) is 1. The van der Waals surface area contributed by atoms with Crippen molar-refractivity contribution in [2.24, 2.45) is 0 Å². The summed E-state index contributed by atoms with van der Waals surface area (Å²) in [4.78, 5) is 35.1. The maximum atomic E-state index is 11.7. The number of carbonyl (C=O) groups excluding carboxylic acids is 1. The molecule has 3 atom stereocenters. The number of allylic oxidation sites excluding steroid dienone is 1. The topological polar surface area (TPSA) is 122 Å². The molecule has 1 aliphatic rings. The smallest absolute Gasteiger partial charge is 0.330 e. The normalized spacial score (nSPS) is 29.9. The van der Waals surface area contributed by atoms with E-state index in [1.165, 1.54) is 12.3 Å². The summed E-state index contributed by atoms with van der Waals surface area (Å²) in [6, 6.07) is 1.15. The lowest BCUT2D eigenvalue weighted by molar-refractivity contribution is -0.104.